The fourth-order valence-corrected chi connectivity index (χ4v) is 3.98. The monoisotopic (exact) mass is 460 g/mol. The van der Waals surface area contributed by atoms with E-state index in [1.807, 2.05) is 6.92 Å². The lowest BCUT2D eigenvalue weighted by atomic mass is 9.96. The summed E-state index contributed by atoms with van der Waals surface area (Å²) in [6, 6.07) is 15.5. The summed E-state index contributed by atoms with van der Waals surface area (Å²) in [5.41, 5.74) is 1.87. The minimum Gasteiger partial charge on any atom is -0.507 e. The van der Waals surface area contributed by atoms with E-state index in [1.54, 1.807) is 60.9 Å². The van der Waals surface area contributed by atoms with E-state index in [9.17, 15) is 19.1 Å². The number of aromatic nitrogens is 1. The molecule has 1 fully saturated rings. The molecule has 0 radical (unpaired) electrons. The number of aliphatic hydroxyl groups is 1. The van der Waals surface area contributed by atoms with E-state index in [4.69, 9.17) is 4.74 Å². The Morgan fingerprint density at radius 3 is 2.47 bits per heavy atom. The van der Waals surface area contributed by atoms with Crippen LogP contribution in [0.15, 0.2) is 78.6 Å². The molecule has 0 saturated carbocycles. The average Bonchev–Trinajstić information content (AvgIpc) is 3.12. The van der Waals surface area contributed by atoms with Gasteiger partial charge < -0.3 is 14.7 Å². The standard InChI is InChI=1S/C27H25FN2O4/c1-2-16-34-22-11-7-19(8-12-22)25(31)23-24(20-4-3-14-29-17-20)30(27(33)26(23)32)15-13-18-5-9-21(28)10-6-18/h3-12,14,17,24,31H,2,13,15-16H2,1H3/b25-23-. The van der Waals surface area contributed by atoms with Gasteiger partial charge in [-0.1, -0.05) is 25.1 Å². The number of likely N-dealkylation sites (tertiary alicyclic amines) is 1. The van der Waals surface area contributed by atoms with Crippen molar-refractivity contribution in [2.24, 2.45) is 0 Å². The van der Waals surface area contributed by atoms with Crippen molar-refractivity contribution in [3.05, 3.63) is 101 Å². The maximum Gasteiger partial charge on any atom is 0.295 e. The summed E-state index contributed by atoms with van der Waals surface area (Å²) in [4.78, 5) is 31.7. The number of ether oxygens (including phenoxy) is 1. The second kappa shape index (κ2) is 10.3. The first-order chi connectivity index (χ1) is 16.5. The Morgan fingerprint density at radius 2 is 1.82 bits per heavy atom. The van der Waals surface area contributed by atoms with Gasteiger partial charge in [0.15, 0.2) is 0 Å². The van der Waals surface area contributed by atoms with E-state index < -0.39 is 17.7 Å². The lowest BCUT2D eigenvalue weighted by Crippen LogP contribution is -2.31. The van der Waals surface area contributed by atoms with Crippen LogP contribution < -0.4 is 4.74 Å². The minimum absolute atomic E-state index is 0.0133. The maximum absolute atomic E-state index is 13.3. The topological polar surface area (TPSA) is 79.7 Å². The van der Waals surface area contributed by atoms with Crippen LogP contribution in [0.25, 0.3) is 5.76 Å². The molecule has 1 aliphatic rings. The molecule has 1 saturated heterocycles. The third-order valence-corrected chi connectivity index (χ3v) is 5.70. The van der Waals surface area contributed by atoms with Gasteiger partial charge in [-0.05, 0) is 66.4 Å². The maximum atomic E-state index is 13.3. The SMILES string of the molecule is CCCOc1ccc(/C(O)=C2/C(=O)C(=O)N(CCc3ccc(F)cc3)C2c2cccnc2)cc1. The number of amides is 1. The van der Waals surface area contributed by atoms with Crippen molar-refractivity contribution < 1.29 is 23.8 Å². The largest absolute Gasteiger partial charge is 0.507 e. The Labute approximate surface area is 197 Å². The highest BCUT2D eigenvalue weighted by Gasteiger charge is 2.45. The zero-order valence-corrected chi connectivity index (χ0v) is 18.8. The zero-order chi connectivity index (χ0) is 24.1. The Morgan fingerprint density at radius 1 is 1.09 bits per heavy atom. The molecule has 2 aromatic carbocycles. The predicted octanol–water partition coefficient (Wildman–Crippen LogP) is 4.67. The highest BCUT2D eigenvalue weighted by atomic mass is 19.1. The molecule has 0 bridgehead atoms. The average molecular weight is 461 g/mol. The number of benzene rings is 2. The van der Waals surface area contributed by atoms with Crippen LogP contribution in [-0.4, -0.2) is 39.8 Å². The Balaban J connectivity index is 1.69. The first-order valence-electron chi connectivity index (χ1n) is 11.2. The summed E-state index contributed by atoms with van der Waals surface area (Å²) in [6.45, 7) is 2.80. The molecule has 1 unspecified atom stereocenters. The van der Waals surface area contributed by atoms with Crippen LogP contribution in [0.1, 0.15) is 36.1 Å². The van der Waals surface area contributed by atoms with E-state index in [0.717, 1.165) is 12.0 Å². The van der Waals surface area contributed by atoms with Gasteiger partial charge in [-0.15, -0.1) is 0 Å². The van der Waals surface area contributed by atoms with Gasteiger partial charge in [0.05, 0.1) is 18.2 Å². The van der Waals surface area contributed by atoms with Crippen molar-refractivity contribution in [1.29, 1.82) is 0 Å². The van der Waals surface area contributed by atoms with E-state index >= 15 is 0 Å². The van der Waals surface area contributed by atoms with Gasteiger partial charge >= 0.3 is 0 Å². The number of hydrogen-bond donors (Lipinski definition) is 1. The van der Waals surface area contributed by atoms with Crippen molar-refractivity contribution in [3.63, 3.8) is 0 Å². The molecular weight excluding hydrogens is 435 g/mol. The number of carbonyl (C=O) groups is 2. The molecule has 2 heterocycles. The number of Topliss-reactive ketones (excluding diaryl/α,β-unsaturated/α-hetero) is 1. The smallest absolute Gasteiger partial charge is 0.295 e. The van der Waals surface area contributed by atoms with Gasteiger partial charge in [0.2, 0.25) is 0 Å². The summed E-state index contributed by atoms with van der Waals surface area (Å²) < 4.78 is 18.8. The summed E-state index contributed by atoms with van der Waals surface area (Å²) >= 11 is 0. The lowest BCUT2D eigenvalue weighted by Gasteiger charge is -2.25. The van der Waals surface area contributed by atoms with Gasteiger partial charge in [-0.2, -0.15) is 0 Å². The first kappa shape index (κ1) is 23.2. The van der Waals surface area contributed by atoms with Crippen LogP contribution >= 0.6 is 0 Å². The van der Waals surface area contributed by atoms with Gasteiger partial charge in [-0.25, -0.2) is 4.39 Å². The van der Waals surface area contributed by atoms with E-state index in [0.29, 0.717) is 29.9 Å². The summed E-state index contributed by atoms with van der Waals surface area (Å²) in [6.07, 6.45) is 4.47. The Kier molecular flexibility index (Phi) is 7.01. The molecule has 34 heavy (non-hydrogen) atoms. The Hall–Kier alpha value is -4.00. The van der Waals surface area contributed by atoms with Crippen LogP contribution in [0.4, 0.5) is 4.39 Å². The number of aliphatic hydroxyl groups excluding tert-OH is 1. The number of ketones is 1. The first-order valence-corrected chi connectivity index (χ1v) is 11.2. The van der Waals surface area contributed by atoms with E-state index in [1.165, 1.54) is 17.0 Å². The normalized spacial score (nSPS) is 17.2. The molecule has 1 amide bonds. The van der Waals surface area contributed by atoms with Crippen molar-refractivity contribution in [3.8, 4) is 5.75 Å². The van der Waals surface area contributed by atoms with Crippen LogP contribution in [-0.2, 0) is 16.0 Å². The van der Waals surface area contributed by atoms with Crippen molar-refractivity contribution in [1.82, 2.24) is 9.88 Å². The molecular formula is C27H25FN2O4. The van der Waals surface area contributed by atoms with Crippen LogP contribution in [0.5, 0.6) is 5.75 Å². The fraction of sp³-hybridized carbons (Fsp3) is 0.222. The molecule has 3 aromatic rings. The van der Waals surface area contributed by atoms with Crippen LogP contribution in [0, 0.1) is 5.82 Å². The fourth-order valence-electron chi connectivity index (χ4n) is 3.98. The van der Waals surface area contributed by atoms with Crippen molar-refractivity contribution in [2.75, 3.05) is 13.2 Å². The van der Waals surface area contributed by atoms with Gasteiger partial charge in [0.1, 0.15) is 17.3 Å². The highest BCUT2D eigenvalue weighted by Crippen LogP contribution is 2.39. The summed E-state index contributed by atoms with van der Waals surface area (Å²) in [5.74, 6) is -1.39. The van der Waals surface area contributed by atoms with Gasteiger partial charge in [0.25, 0.3) is 11.7 Å². The number of rotatable bonds is 8. The van der Waals surface area contributed by atoms with Crippen molar-refractivity contribution >= 4 is 17.4 Å². The van der Waals surface area contributed by atoms with Gasteiger partial charge in [0, 0.05) is 24.5 Å². The molecule has 7 heteroatoms. The van der Waals surface area contributed by atoms with Gasteiger partial charge in [-0.3, -0.25) is 14.6 Å². The molecule has 6 nitrogen and oxygen atoms in total. The Bertz CT molecular complexity index is 1190. The summed E-state index contributed by atoms with van der Waals surface area (Å²) in [5, 5.41) is 11.1. The molecule has 1 aromatic heterocycles. The quantitative estimate of drug-likeness (QED) is 0.300. The summed E-state index contributed by atoms with van der Waals surface area (Å²) in [7, 11) is 0. The third-order valence-electron chi connectivity index (χ3n) is 5.70. The number of carbonyl (C=O) groups excluding carboxylic acids is 2. The molecule has 1 N–H and O–H groups in total. The minimum atomic E-state index is -0.787. The second-order valence-corrected chi connectivity index (χ2v) is 8.03. The predicted molar refractivity (Wildman–Crippen MR) is 126 cm³/mol. The molecule has 4 rings (SSSR count). The third kappa shape index (κ3) is 4.83. The molecule has 0 aliphatic carbocycles. The molecule has 174 valence electrons. The van der Waals surface area contributed by atoms with Crippen LogP contribution in [0.3, 0.4) is 0 Å². The highest BCUT2D eigenvalue weighted by molar-refractivity contribution is 6.46. The van der Waals surface area contributed by atoms with Crippen molar-refractivity contribution in [2.45, 2.75) is 25.8 Å². The van der Waals surface area contributed by atoms with E-state index in [2.05, 4.69) is 4.98 Å². The lowest BCUT2D eigenvalue weighted by molar-refractivity contribution is -0.139. The molecule has 0 spiro atoms. The number of halogens is 1. The van der Waals surface area contributed by atoms with E-state index in [-0.39, 0.29) is 23.7 Å². The zero-order valence-electron chi connectivity index (χ0n) is 18.8. The number of hydrogen-bond acceptors (Lipinski definition) is 5. The van der Waals surface area contributed by atoms with Crippen LogP contribution in [0.2, 0.25) is 0 Å². The molecule has 1 aliphatic heterocycles. The second-order valence-electron chi connectivity index (χ2n) is 8.03. The number of pyridine rings is 1. The molecule has 1 atom stereocenters. The number of nitrogens with zero attached hydrogens (tertiary/aromatic N) is 2.